The van der Waals surface area contributed by atoms with Gasteiger partial charge in [0.25, 0.3) is 0 Å². The Hall–Kier alpha value is -1.64. The monoisotopic (exact) mass is 354 g/mol. The number of aromatic nitrogens is 2. The Kier molecular flexibility index (Phi) is 4.09. The van der Waals surface area contributed by atoms with Crippen LogP contribution in [0.5, 0.6) is 0 Å². The molecule has 21 heavy (non-hydrogen) atoms. The third-order valence-corrected chi connectivity index (χ3v) is 3.96. The first-order chi connectivity index (χ1) is 10.1. The predicted octanol–water partition coefficient (Wildman–Crippen LogP) is 0.936. The van der Waals surface area contributed by atoms with E-state index in [2.05, 4.69) is 36.5 Å². The fraction of sp³-hybridized carbons (Fsp3) is 0.385. The van der Waals surface area contributed by atoms with E-state index in [0.717, 1.165) is 6.54 Å². The van der Waals surface area contributed by atoms with E-state index < -0.39 is 0 Å². The van der Waals surface area contributed by atoms with Crippen molar-refractivity contribution in [2.24, 2.45) is 0 Å². The summed E-state index contributed by atoms with van der Waals surface area (Å²) in [6.07, 6.45) is 0.341. The largest absolute Gasteiger partial charge is 0.378 e. The van der Waals surface area contributed by atoms with Gasteiger partial charge >= 0.3 is 5.69 Å². The number of carbonyl (C=O) groups is 1. The standard InChI is InChI=1S/C13H15BrN4O3/c14-8-4-10-11(18-13(20)17-10)5-9(8)16-12(19)3-7-6-21-2-1-15-7/h4-5,7,15H,1-3,6H2,(H,16,19)(H2,17,18,20). The van der Waals surface area contributed by atoms with Gasteiger partial charge in [-0.15, -0.1) is 0 Å². The van der Waals surface area contributed by atoms with Crippen LogP contribution in [0, 0.1) is 0 Å². The Balaban J connectivity index is 1.72. The first-order valence-corrected chi connectivity index (χ1v) is 7.43. The van der Waals surface area contributed by atoms with Gasteiger partial charge in [-0.25, -0.2) is 4.79 Å². The molecule has 1 amide bonds. The van der Waals surface area contributed by atoms with Crippen LogP contribution in [-0.4, -0.2) is 41.7 Å². The summed E-state index contributed by atoms with van der Waals surface area (Å²) in [5.74, 6) is -0.101. The van der Waals surface area contributed by atoms with Crippen LogP contribution in [0.25, 0.3) is 11.0 Å². The second kappa shape index (κ2) is 6.00. The van der Waals surface area contributed by atoms with Crippen LogP contribution in [0.4, 0.5) is 5.69 Å². The SMILES string of the molecule is O=C(CC1COCCN1)Nc1cc2[nH]c(=O)[nH]c2cc1Br. The van der Waals surface area contributed by atoms with Gasteiger partial charge in [-0.2, -0.15) is 0 Å². The third-order valence-electron chi connectivity index (χ3n) is 3.31. The van der Waals surface area contributed by atoms with Crippen LogP contribution >= 0.6 is 15.9 Å². The molecule has 2 aromatic rings. The first kappa shape index (κ1) is 14.3. The average Bonchev–Trinajstić information content (AvgIpc) is 2.79. The highest BCUT2D eigenvalue weighted by atomic mass is 79.9. The Morgan fingerprint density at radius 3 is 2.86 bits per heavy atom. The zero-order valence-electron chi connectivity index (χ0n) is 11.2. The van der Waals surface area contributed by atoms with E-state index in [4.69, 9.17) is 4.74 Å². The van der Waals surface area contributed by atoms with E-state index in [-0.39, 0.29) is 17.6 Å². The number of anilines is 1. The fourth-order valence-corrected chi connectivity index (χ4v) is 2.77. The van der Waals surface area contributed by atoms with Gasteiger partial charge in [0.2, 0.25) is 5.91 Å². The van der Waals surface area contributed by atoms with Gasteiger partial charge in [0, 0.05) is 23.5 Å². The summed E-state index contributed by atoms with van der Waals surface area (Å²) in [6.45, 7) is 1.98. The van der Waals surface area contributed by atoms with E-state index in [0.29, 0.717) is 40.8 Å². The van der Waals surface area contributed by atoms with E-state index in [1.807, 2.05) is 0 Å². The highest BCUT2D eigenvalue weighted by molar-refractivity contribution is 9.10. The lowest BCUT2D eigenvalue weighted by molar-refractivity contribution is -0.117. The maximum atomic E-state index is 12.1. The van der Waals surface area contributed by atoms with E-state index in [9.17, 15) is 9.59 Å². The summed E-state index contributed by atoms with van der Waals surface area (Å²) in [4.78, 5) is 28.7. The molecule has 1 atom stereocenters. The number of halogens is 1. The Morgan fingerprint density at radius 2 is 2.14 bits per heavy atom. The van der Waals surface area contributed by atoms with Crippen molar-refractivity contribution in [3.63, 3.8) is 0 Å². The second-order valence-corrected chi connectivity index (χ2v) is 5.79. The van der Waals surface area contributed by atoms with Crippen molar-refractivity contribution in [3.8, 4) is 0 Å². The lowest BCUT2D eigenvalue weighted by atomic mass is 10.2. The van der Waals surface area contributed by atoms with Gasteiger partial charge in [0.15, 0.2) is 0 Å². The summed E-state index contributed by atoms with van der Waals surface area (Å²) >= 11 is 3.39. The van der Waals surface area contributed by atoms with Crippen LogP contribution < -0.4 is 16.3 Å². The minimum absolute atomic E-state index is 0.0355. The molecule has 7 nitrogen and oxygen atoms in total. The zero-order valence-corrected chi connectivity index (χ0v) is 12.7. The van der Waals surface area contributed by atoms with Gasteiger partial charge in [0.1, 0.15) is 0 Å². The quantitative estimate of drug-likeness (QED) is 0.659. The number of rotatable bonds is 3. The van der Waals surface area contributed by atoms with Crippen molar-refractivity contribution in [1.82, 2.24) is 15.3 Å². The molecular weight excluding hydrogens is 340 g/mol. The highest BCUT2D eigenvalue weighted by Crippen LogP contribution is 2.26. The minimum atomic E-state index is -0.274. The number of carbonyl (C=O) groups excluding carboxylic acids is 1. The highest BCUT2D eigenvalue weighted by Gasteiger charge is 2.17. The summed E-state index contributed by atoms with van der Waals surface area (Å²) in [5.41, 5.74) is 1.69. The molecular formula is C13H15BrN4O3. The van der Waals surface area contributed by atoms with Gasteiger partial charge in [-0.3, -0.25) is 4.79 Å². The average molecular weight is 355 g/mol. The molecule has 0 spiro atoms. The molecule has 1 aliphatic heterocycles. The first-order valence-electron chi connectivity index (χ1n) is 6.64. The number of imidazole rings is 1. The fourth-order valence-electron chi connectivity index (χ4n) is 2.33. The van der Waals surface area contributed by atoms with Crippen LogP contribution in [0.1, 0.15) is 6.42 Å². The van der Waals surface area contributed by atoms with Crippen molar-refractivity contribution >= 4 is 38.6 Å². The number of morpholine rings is 1. The molecule has 1 saturated heterocycles. The van der Waals surface area contributed by atoms with Crippen LogP contribution in [0.3, 0.4) is 0 Å². The molecule has 1 aliphatic rings. The molecule has 4 N–H and O–H groups in total. The van der Waals surface area contributed by atoms with Crippen molar-refractivity contribution in [3.05, 3.63) is 27.1 Å². The van der Waals surface area contributed by atoms with Crippen molar-refractivity contribution < 1.29 is 9.53 Å². The summed E-state index contributed by atoms with van der Waals surface area (Å²) in [6, 6.07) is 3.51. The molecule has 2 heterocycles. The number of hydrogen-bond donors (Lipinski definition) is 4. The van der Waals surface area contributed by atoms with Crippen LogP contribution in [0.15, 0.2) is 21.4 Å². The normalized spacial score (nSPS) is 18.8. The molecule has 0 bridgehead atoms. The van der Waals surface area contributed by atoms with Gasteiger partial charge in [0.05, 0.1) is 29.9 Å². The molecule has 0 saturated carbocycles. The van der Waals surface area contributed by atoms with E-state index in [1.165, 1.54) is 0 Å². The summed E-state index contributed by atoms with van der Waals surface area (Å²) < 4.78 is 6.04. The second-order valence-electron chi connectivity index (χ2n) is 4.94. The van der Waals surface area contributed by atoms with Crippen molar-refractivity contribution in [2.75, 3.05) is 25.1 Å². The molecule has 1 aromatic carbocycles. The maximum Gasteiger partial charge on any atom is 0.323 e. The predicted molar refractivity (Wildman–Crippen MR) is 82.5 cm³/mol. The number of amides is 1. The minimum Gasteiger partial charge on any atom is -0.378 e. The van der Waals surface area contributed by atoms with Gasteiger partial charge < -0.3 is 25.3 Å². The summed E-state index contributed by atoms with van der Waals surface area (Å²) in [7, 11) is 0. The molecule has 0 aliphatic carbocycles. The maximum absolute atomic E-state index is 12.1. The number of benzene rings is 1. The Morgan fingerprint density at radius 1 is 1.38 bits per heavy atom. The van der Waals surface area contributed by atoms with E-state index in [1.54, 1.807) is 12.1 Å². The zero-order chi connectivity index (χ0) is 14.8. The summed E-state index contributed by atoms with van der Waals surface area (Å²) in [5, 5.41) is 6.07. The smallest absolute Gasteiger partial charge is 0.323 e. The van der Waals surface area contributed by atoms with Crippen LogP contribution in [0.2, 0.25) is 0 Å². The Bertz CT molecular complexity index is 718. The number of fused-ring (bicyclic) bond motifs is 1. The van der Waals surface area contributed by atoms with Crippen LogP contribution in [-0.2, 0) is 9.53 Å². The number of aromatic amines is 2. The number of nitrogens with one attached hydrogen (secondary N) is 4. The molecule has 8 heteroatoms. The molecule has 3 rings (SSSR count). The van der Waals surface area contributed by atoms with Crippen molar-refractivity contribution in [2.45, 2.75) is 12.5 Å². The Labute approximate surface area is 128 Å². The third kappa shape index (κ3) is 3.34. The molecule has 112 valence electrons. The van der Waals surface area contributed by atoms with Crippen molar-refractivity contribution in [1.29, 1.82) is 0 Å². The lowest BCUT2D eigenvalue weighted by Crippen LogP contribution is -2.43. The number of H-pyrrole nitrogens is 2. The molecule has 1 unspecified atom stereocenters. The molecule has 1 fully saturated rings. The van der Waals surface area contributed by atoms with Gasteiger partial charge in [-0.1, -0.05) is 0 Å². The number of ether oxygens (including phenoxy) is 1. The molecule has 0 radical (unpaired) electrons. The van der Waals surface area contributed by atoms with Gasteiger partial charge in [-0.05, 0) is 28.1 Å². The topological polar surface area (TPSA) is 99.0 Å². The number of hydrogen-bond acceptors (Lipinski definition) is 4. The molecule has 1 aromatic heterocycles. The van der Waals surface area contributed by atoms with E-state index >= 15 is 0 Å². The lowest BCUT2D eigenvalue weighted by Gasteiger charge is -2.23.